The predicted octanol–water partition coefficient (Wildman–Crippen LogP) is 0.870. The fraction of sp³-hybridized carbons (Fsp3) is 0.235. The van der Waals surface area contributed by atoms with Crippen molar-refractivity contribution in [2.75, 3.05) is 27.8 Å². The molecule has 0 aliphatic heterocycles. The van der Waals surface area contributed by atoms with Crippen LogP contribution in [0, 0.1) is 0 Å². The molecule has 2 aromatic rings. The molecule has 0 aliphatic rings. The summed E-state index contributed by atoms with van der Waals surface area (Å²) in [5, 5.41) is 3.78. The predicted molar refractivity (Wildman–Crippen MR) is 99.3 cm³/mol. The molecule has 1 heterocycles. The van der Waals surface area contributed by atoms with Gasteiger partial charge in [0, 0.05) is 31.1 Å². The van der Waals surface area contributed by atoms with Gasteiger partial charge in [0.25, 0.3) is 5.91 Å². The summed E-state index contributed by atoms with van der Waals surface area (Å²) in [5.74, 6) is -0.0889. The van der Waals surface area contributed by atoms with E-state index >= 15 is 0 Å². The molecule has 0 fully saturated rings. The fourth-order valence-corrected chi connectivity index (χ4v) is 3.40. The van der Waals surface area contributed by atoms with Crippen LogP contribution < -0.4 is 14.9 Å². The molecule has 1 N–H and O–H groups in total. The molecule has 0 saturated heterocycles. The van der Waals surface area contributed by atoms with Gasteiger partial charge in [0.05, 0.1) is 27.0 Å². The second kappa shape index (κ2) is 9.10. The van der Waals surface area contributed by atoms with E-state index in [1.807, 2.05) is 0 Å². The third kappa shape index (κ3) is 5.25. The molecule has 144 valence electrons. The molecule has 0 aliphatic carbocycles. The van der Waals surface area contributed by atoms with Crippen LogP contribution in [0.5, 0.6) is 11.5 Å². The lowest BCUT2D eigenvalue weighted by atomic mass is 10.3. The Bertz CT molecular complexity index is 916. The number of aromatic nitrogens is 1. The summed E-state index contributed by atoms with van der Waals surface area (Å²) in [6.07, 6.45) is 4.59. The van der Waals surface area contributed by atoms with Gasteiger partial charge in [-0.05, 0) is 18.2 Å². The number of sulfonamides is 1. The third-order valence-corrected chi connectivity index (χ3v) is 5.34. The van der Waals surface area contributed by atoms with E-state index in [4.69, 9.17) is 9.47 Å². The Morgan fingerprint density at radius 3 is 2.70 bits per heavy atom. The van der Waals surface area contributed by atoms with Crippen molar-refractivity contribution in [3.63, 3.8) is 0 Å². The molecule has 0 radical (unpaired) electrons. The fourth-order valence-electron chi connectivity index (χ4n) is 2.11. The van der Waals surface area contributed by atoms with Gasteiger partial charge in [0.15, 0.2) is 0 Å². The quantitative estimate of drug-likeness (QED) is 0.527. The number of nitrogens with zero attached hydrogens (tertiary/aromatic N) is 3. The number of pyridine rings is 1. The molecule has 1 aromatic heterocycles. The van der Waals surface area contributed by atoms with E-state index < -0.39 is 22.5 Å². The van der Waals surface area contributed by atoms with Crippen LogP contribution in [0.3, 0.4) is 0 Å². The van der Waals surface area contributed by atoms with Gasteiger partial charge in [-0.15, -0.1) is 0 Å². The average Bonchev–Trinajstić information content (AvgIpc) is 2.68. The molecule has 1 aromatic carbocycles. The van der Waals surface area contributed by atoms with E-state index in [9.17, 15) is 13.2 Å². The molecule has 0 bridgehead atoms. The lowest BCUT2D eigenvalue weighted by Gasteiger charge is -2.18. The van der Waals surface area contributed by atoms with Crippen molar-refractivity contribution in [2.24, 2.45) is 5.10 Å². The standard InChI is InChI=1S/C17H20N4O5S/c1-21(12-17(22)20-19-11-13-5-4-8-18-10-13)27(23,24)16-9-14(25-2)6-7-15(16)26-3/h4-11H,12H2,1-3H3,(H,20,22). The monoisotopic (exact) mass is 392 g/mol. The van der Waals surface area contributed by atoms with Gasteiger partial charge in [-0.3, -0.25) is 9.78 Å². The Hall–Kier alpha value is -2.98. The maximum atomic E-state index is 12.8. The summed E-state index contributed by atoms with van der Waals surface area (Å²) in [4.78, 5) is 15.8. The highest BCUT2D eigenvalue weighted by Gasteiger charge is 2.27. The number of ether oxygens (including phenoxy) is 2. The van der Waals surface area contributed by atoms with Crippen LogP contribution in [0.4, 0.5) is 0 Å². The Morgan fingerprint density at radius 1 is 1.30 bits per heavy atom. The van der Waals surface area contributed by atoms with E-state index in [0.29, 0.717) is 11.3 Å². The number of methoxy groups -OCH3 is 2. The molecule has 0 spiro atoms. The highest BCUT2D eigenvalue weighted by atomic mass is 32.2. The first-order valence-corrected chi connectivity index (χ1v) is 9.22. The highest BCUT2D eigenvalue weighted by Crippen LogP contribution is 2.29. The summed E-state index contributed by atoms with van der Waals surface area (Å²) < 4.78 is 36.6. The van der Waals surface area contributed by atoms with E-state index in [1.54, 1.807) is 30.6 Å². The van der Waals surface area contributed by atoms with Crippen molar-refractivity contribution in [3.05, 3.63) is 48.3 Å². The number of likely N-dealkylation sites (N-methyl/N-ethyl adjacent to an activating group) is 1. The molecule has 0 unspecified atom stereocenters. The molecular formula is C17H20N4O5S. The highest BCUT2D eigenvalue weighted by molar-refractivity contribution is 7.89. The maximum absolute atomic E-state index is 12.8. The number of hydrogen-bond donors (Lipinski definition) is 1. The molecule has 0 saturated carbocycles. The van der Waals surface area contributed by atoms with E-state index in [2.05, 4.69) is 15.5 Å². The second-order valence-electron chi connectivity index (χ2n) is 5.36. The number of carbonyl (C=O) groups is 1. The van der Waals surface area contributed by atoms with Gasteiger partial charge in [-0.2, -0.15) is 9.41 Å². The van der Waals surface area contributed by atoms with Gasteiger partial charge in [0.2, 0.25) is 10.0 Å². The van der Waals surface area contributed by atoms with E-state index in [0.717, 1.165) is 4.31 Å². The first kappa shape index (κ1) is 20.3. The Labute approximate surface area is 157 Å². The number of carbonyl (C=O) groups excluding carboxylic acids is 1. The normalized spacial score (nSPS) is 11.6. The number of hydrazone groups is 1. The van der Waals surface area contributed by atoms with E-state index in [-0.39, 0.29) is 10.6 Å². The summed E-state index contributed by atoms with van der Waals surface area (Å²) in [6, 6.07) is 7.89. The number of hydrogen-bond acceptors (Lipinski definition) is 7. The van der Waals surface area contributed by atoms with Crippen molar-refractivity contribution in [2.45, 2.75) is 4.90 Å². The van der Waals surface area contributed by atoms with Crippen LogP contribution in [-0.4, -0.2) is 57.6 Å². The van der Waals surface area contributed by atoms with Crippen molar-refractivity contribution >= 4 is 22.1 Å². The first-order valence-electron chi connectivity index (χ1n) is 7.78. The largest absolute Gasteiger partial charge is 0.497 e. The van der Waals surface area contributed by atoms with Crippen molar-refractivity contribution in [3.8, 4) is 11.5 Å². The van der Waals surface area contributed by atoms with E-state index in [1.165, 1.54) is 39.6 Å². The van der Waals surface area contributed by atoms with Crippen LogP contribution >= 0.6 is 0 Å². The number of rotatable bonds is 8. The number of benzene rings is 1. The molecule has 10 heteroatoms. The average molecular weight is 392 g/mol. The van der Waals surface area contributed by atoms with Crippen LogP contribution in [0.2, 0.25) is 0 Å². The summed E-state index contributed by atoms with van der Waals surface area (Å²) >= 11 is 0. The third-order valence-electron chi connectivity index (χ3n) is 3.51. The minimum atomic E-state index is -3.98. The lowest BCUT2D eigenvalue weighted by molar-refractivity contribution is -0.121. The molecule has 1 amide bonds. The zero-order chi connectivity index (χ0) is 19.9. The van der Waals surface area contributed by atoms with Crippen molar-refractivity contribution in [1.82, 2.24) is 14.7 Å². The maximum Gasteiger partial charge on any atom is 0.255 e. The smallest absolute Gasteiger partial charge is 0.255 e. The summed E-state index contributed by atoms with van der Waals surface area (Å²) in [7, 11) is 0.0974. The lowest BCUT2D eigenvalue weighted by Crippen LogP contribution is -2.36. The zero-order valence-corrected chi connectivity index (χ0v) is 15.9. The summed E-state index contributed by atoms with van der Waals surface area (Å²) in [6.45, 7) is -0.424. The Balaban J connectivity index is 2.08. The van der Waals surface area contributed by atoms with Crippen LogP contribution in [0.1, 0.15) is 5.56 Å². The Morgan fingerprint density at radius 2 is 2.07 bits per heavy atom. The van der Waals surface area contributed by atoms with Crippen molar-refractivity contribution in [1.29, 1.82) is 0 Å². The van der Waals surface area contributed by atoms with Crippen LogP contribution in [-0.2, 0) is 14.8 Å². The molecule has 0 atom stereocenters. The van der Waals surface area contributed by atoms with Gasteiger partial charge in [-0.25, -0.2) is 13.8 Å². The Kier molecular flexibility index (Phi) is 6.85. The molecule has 9 nitrogen and oxygen atoms in total. The first-order chi connectivity index (χ1) is 12.9. The topological polar surface area (TPSA) is 110 Å². The minimum Gasteiger partial charge on any atom is -0.497 e. The van der Waals surface area contributed by atoms with Gasteiger partial charge < -0.3 is 9.47 Å². The van der Waals surface area contributed by atoms with Gasteiger partial charge >= 0.3 is 0 Å². The number of nitrogens with one attached hydrogen (secondary N) is 1. The molecule has 2 rings (SSSR count). The van der Waals surface area contributed by atoms with Crippen molar-refractivity contribution < 1.29 is 22.7 Å². The molecule has 27 heavy (non-hydrogen) atoms. The van der Waals surface area contributed by atoms with Crippen LogP contribution in [0.15, 0.2) is 52.7 Å². The minimum absolute atomic E-state index is 0.0986. The molecular weight excluding hydrogens is 372 g/mol. The van der Waals surface area contributed by atoms with Gasteiger partial charge in [-0.1, -0.05) is 6.07 Å². The van der Waals surface area contributed by atoms with Crippen LogP contribution in [0.25, 0.3) is 0 Å². The second-order valence-corrected chi connectivity index (χ2v) is 7.37. The SMILES string of the molecule is COc1ccc(OC)c(S(=O)(=O)N(C)CC(=O)NN=Cc2cccnc2)c1. The zero-order valence-electron chi connectivity index (χ0n) is 15.1. The summed E-state index contributed by atoms with van der Waals surface area (Å²) in [5.41, 5.74) is 2.97. The van der Waals surface area contributed by atoms with Gasteiger partial charge in [0.1, 0.15) is 16.4 Å². The number of amides is 1.